The van der Waals surface area contributed by atoms with Crippen molar-refractivity contribution in [3.05, 3.63) is 47.8 Å². The fourth-order valence-electron chi connectivity index (χ4n) is 3.26. The van der Waals surface area contributed by atoms with E-state index in [9.17, 15) is 12.8 Å². The number of hydrogen-bond donors (Lipinski definition) is 0. The number of methoxy groups -OCH3 is 2. The summed E-state index contributed by atoms with van der Waals surface area (Å²) in [6, 6.07) is 9.32. The van der Waals surface area contributed by atoms with Gasteiger partial charge in [-0.15, -0.1) is 0 Å². The SMILES string of the molecule is COc1ccc(N2CCN(S(=O)(=O)c3ccc(F)cc3C)CC2)c(OC)c1. The Morgan fingerprint density at radius 3 is 2.26 bits per heavy atom. The van der Waals surface area contributed by atoms with Gasteiger partial charge in [-0.05, 0) is 42.8 Å². The molecule has 0 aliphatic carbocycles. The van der Waals surface area contributed by atoms with E-state index in [4.69, 9.17) is 9.47 Å². The number of hydrogen-bond acceptors (Lipinski definition) is 5. The fraction of sp³-hybridized carbons (Fsp3) is 0.368. The Bertz CT molecular complexity index is 925. The van der Waals surface area contributed by atoms with Gasteiger partial charge in [0.15, 0.2) is 0 Å². The van der Waals surface area contributed by atoms with Crippen LogP contribution < -0.4 is 14.4 Å². The van der Waals surface area contributed by atoms with Crippen LogP contribution in [-0.2, 0) is 10.0 Å². The van der Waals surface area contributed by atoms with Crippen molar-refractivity contribution < 1.29 is 22.3 Å². The molecule has 0 spiro atoms. The van der Waals surface area contributed by atoms with Crippen molar-refractivity contribution in [2.24, 2.45) is 0 Å². The van der Waals surface area contributed by atoms with Crippen LogP contribution in [0.3, 0.4) is 0 Å². The van der Waals surface area contributed by atoms with Crippen LogP contribution in [0.2, 0.25) is 0 Å². The molecule has 1 saturated heterocycles. The van der Waals surface area contributed by atoms with Crippen LogP contribution >= 0.6 is 0 Å². The van der Waals surface area contributed by atoms with Crippen LogP contribution in [0.15, 0.2) is 41.3 Å². The zero-order valence-electron chi connectivity index (χ0n) is 15.6. The first-order chi connectivity index (χ1) is 12.9. The molecule has 3 rings (SSSR count). The molecule has 8 heteroatoms. The van der Waals surface area contributed by atoms with E-state index in [1.807, 2.05) is 12.1 Å². The maximum atomic E-state index is 13.3. The van der Waals surface area contributed by atoms with Gasteiger partial charge < -0.3 is 14.4 Å². The maximum absolute atomic E-state index is 13.3. The highest BCUT2D eigenvalue weighted by molar-refractivity contribution is 7.89. The molecule has 1 aliphatic heterocycles. The molecule has 1 fully saturated rings. The van der Waals surface area contributed by atoms with Crippen molar-refractivity contribution >= 4 is 15.7 Å². The minimum absolute atomic E-state index is 0.152. The molecule has 0 amide bonds. The zero-order valence-corrected chi connectivity index (χ0v) is 16.4. The largest absolute Gasteiger partial charge is 0.497 e. The van der Waals surface area contributed by atoms with Crippen molar-refractivity contribution in [3.63, 3.8) is 0 Å². The van der Waals surface area contributed by atoms with Gasteiger partial charge in [0.2, 0.25) is 10.0 Å². The lowest BCUT2D eigenvalue weighted by Crippen LogP contribution is -2.48. The molecule has 146 valence electrons. The van der Waals surface area contributed by atoms with Crippen molar-refractivity contribution in [2.45, 2.75) is 11.8 Å². The van der Waals surface area contributed by atoms with E-state index in [-0.39, 0.29) is 4.90 Å². The first-order valence-corrected chi connectivity index (χ1v) is 10.0. The van der Waals surface area contributed by atoms with Crippen LogP contribution in [-0.4, -0.2) is 53.1 Å². The summed E-state index contributed by atoms with van der Waals surface area (Å²) in [5.74, 6) is 0.937. The minimum Gasteiger partial charge on any atom is -0.497 e. The number of piperazine rings is 1. The number of halogens is 1. The van der Waals surface area contributed by atoms with Crippen molar-refractivity contribution in [1.82, 2.24) is 4.31 Å². The lowest BCUT2D eigenvalue weighted by molar-refractivity contribution is 0.375. The average molecular weight is 394 g/mol. The number of nitrogens with zero attached hydrogens (tertiary/aromatic N) is 2. The molecular formula is C19H23FN2O4S. The van der Waals surface area contributed by atoms with Crippen LogP contribution in [0, 0.1) is 12.7 Å². The minimum atomic E-state index is -3.65. The number of anilines is 1. The number of ether oxygens (including phenoxy) is 2. The second-order valence-electron chi connectivity index (χ2n) is 6.34. The van der Waals surface area contributed by atoms with E-state index in [1.54, 1.807) is 27.2 Å². The summed E-state index contributed by atoms with van der Waals surface area (Å²) in [7, 11) is -0.466. The maximum Gasteiger partial charge on any atom is 0.243 e. The summed E-state index contributed by atoms with van der Waals surface area (Å²) >= 11 is 0. The molecule has 1 heterocycles. The highest BCUT2D eigenvalue weighted by Gasteiger charge is 2.30. The Labute approximate surface area is 159 Å². The summed E-state index contributed by atoms with van der Waals surface area (Å²) in [6.07, 6.45) is 0. The van der Waals surface area contributed by atoms with E-state index < -0.39 is 15.8 Å². The molecule has 1 aliphatic rings. The van der Waals surface area contributed by atoms with E-state index >= 15 is 0 Å². The summed E-state index contributed by atoms with van der Waals surface area (Å²) in [6.45, 7) is 3.35. The van der Waals surface area contributed by atoms with Gasteiger partial charge in [0, 0.05) is 32.2 Å². The molecule has 0 aromatic heterocycles. The molecule has 2 aromatic rings. The second-order valence-corrected chi connectivity index (χ2v) is 8.25. The van der Waals surface area contributed by atoms with E-state index in [0.717, 1.165) is 5.69 Å². The van der Waals surface area contributed by atoms with Crippen LogP contribution in [0.1, 0.15) is 5.56 Å². The molecule has 0 atom stereocenters. The predicted octanol–water partition coefficient (Wildman–Crippen LogP) is 2.66. The van der Waals surface area contributed by atoms with E-state index in [2.05, 4.69) is 4.90 Å². The van der Waals surface area contributed by atoms with Crippen molar-refractivity contribution in [1.29, 1.82) is 0 Å². The molecule has 0 unspecified atom stereocenters. The third kappa shape index (κ3) is 3.86. The lowest BCUT2D eigenvalue weighted by atomic mass is 10.2. The Balaban J connectivity index is 1.77. The first-order valence-electron chi connectivity index (χ1n) is 8.60. The topological polar surface area (TPSA) is 59.1 Å². The van der Waals surface area contributed by atoms with Crippen LogP contribution in [0.5, 0.6) is 11.5 Å². The zero-order chi connectivity index (χ0) is 19.6. The van der Waals surface area contributed by atoms with Gasteiger partial charge in [0.25, 0.3) is 0 Å². The monoisotopic (exact) mass is 394 g/mol. The fourth-order valence-corrected chi connectivity index (χ4v) is 4.88. The van der Waals surface area contributed by atoms with Crippen LogP contribution in [0.25, 0.3) is 0 Å². The van der Waals surface area contributed by atoms with Crippen molar-refractivity contribution in [3.8, 4) is 11.5 Å². The molecular weight excluding hydrogens is 371 g/mol. The average Bonchev–Trinajstić information content (AvgIpc) is 2.67. The van der Waals surface area contributed by atoms with E-state index in [1.165, 1.54) is 22.5 Å². The normalized spacial score (nSPS) is 15.6. The molecule has 6 nitrogen and oxygen atoms in total. The van der Waals surface area contributed by atoms with E-state index in [0.29, 0.717) is 43.2 Å². The number of sulfonamides is 1. The quantitative estimate of drug-likeness (QED) is 0.780. The molecule has 0 radical (unpaired) electrons. The molecule has 27 heavy (non-hydrogen) atoms. The Morgan fingerprint density at radius 2 is 1.67 bits per heavy atom. The number of rotatable bonds is 5. The molecule has 0 N–H and O–H groups in total. The van der Waals surface area contributed by atoms with Gasteiger partial charge in [0.05, 0.1) is 24.8 Å². The Hall–Kier alpha value is -2.32. The Kier molecular flexibility index (Phi) is 5.57. The van der Waals surface area contributed by atoms with Crippen LogP contribution in [0.4, 0.5) is 10.1 Å². The highest BCUT2D eigenvalue weighted by Crippen LogP contribution is 2.33. The first kappa shape index (κ1) is 19.4. The number of benzene rings is 2. The third-order valence-corrected chi connectivity index (χ3v) is 6.78. The predicted molar refractivity (Wildman–Crippen MR) is 102 cm³/mol. The van der Waals surface area contributed by atoms with Gasteiger partial charge in [-0.25, -0.2) is 12.8 Å². The summed E-state index contributed by atoms with van der Waals surface area (Å²) in [4.78, 5) is 2.24. The third-order valence-electron chi connectivity index (χ3n) is 4.72. The lowest BCUT2D eigenvalue weighted by Gasteiger charge is -2.36. The van der Waals surface area contributed by atoms with Crippen molar-refractivity contribution in [2.75, 3.05) is 45.3 Å². The molecule has 0 bridgehead atoms. The van der Waals surface area contributed by atoms with Gasteiger partial charge in [-0.1, -0.05) is 0 Å². The summed E-state index contributed by atoms with van der Waals surface area (Å²) in [5, 5.41) is 0. The van der Waals surface area contributed by atoms with Gasteiger partial charge in [-0.3, -0.25) is 0 Å². The van der Waals surface area contributed by atoms with Gasteiger partial charge in [-0.2, -0.15) is 4.31 Å². The molecule has 2 aromatic carbocycles. The summed E-state index contributed by atoms with van der Waals surface area (Å²) < 4.78 is 51.2. The summed E-state index contributed by atoms with van der Waals surface area (Å²) in [5.41, 5.74) is 1.31. The Morgan fingerprint density at radius 1 is 0.963 bits per heavy atom. The highest BCUT2D eigenvalue weighted by atomic mass is 32.2. The van der Waals surface area contributed by atoms with Gasteiger partial charge >= 0.3 is 0 Å². The molecule has 0 saturated carbocycles. The second kappa shape index (κ2) is 7.74. The smallest absolute Gasteiger partial charge is 0.243 e. The standard InChI is InChI=1S/C19H23FN2O4S/c1-14-12-15(20)4-7-19(14)27(23,24)22-10-8-21(9-11-22)17-6-5-16(25-2)13-18(17)26-3/h4-7,12-13H,8-11H2,1-3H3. The number of aryl methyl sites for hydroxylation is 1. The van der Waals surface area contributed by atoms with Gasteiger partial charge in [0.1, 0.15) is 17.3 Å².